The molecule has 1 N–H and O–H groups in total. The van der Waals surface area contributed by atoms with Crippen molar-refractivity contribution in [2.24, 2.45) is 0 Å². The van der Waals surface area contributed by atoms with E-state index in [0.29, 0.717) is 6.42 Å². The van der Waals surface area contributed by atoms with Crippen molar-refractivity contribution < 1.29 is 9.84 Å². The summed E-state index contributed by atoms with van der Waals surface area (Å²) < 4.78 is 5.95. The summed E-state index contributed by atoms with van der Waals surface area (Å²) in [6.45, 7) is 1.99. The number of benzene rings is 2. The Kier molecular flexibility index (Phi) is 2.60. The fourth-order valence-electron chi connectivity index (χ4n) is 2.64. The monoisotopic (exact) mass is 240 g/mol. The summed E-state index contributed by atoms with van der Waals surface area (Å²) in [5, 5.41) is 10.9. The van der Waals surface area contributed by atoms with Crippen LogP contribution >= 0.6 is 0 Å². The highest BCUT2D eigenvalue weighted by atomic mass is 16.5. The maximum absolute atomic E-state index is 10.9. The zero-order chi connectivity index (χ0) is 12.6. The molecule has 18 heavy (non-hydrogen) atoms. The van der Waals surface area contributed by atoms with E-state index in [-0.39, 0.29) is 6.10 Å². The van der Waals surface area contributed by atoms with E-state index >= 15 is 0 Å². The highest BCUT2D eigenvalue weighted by molar-refractivity contribution is 5.45. The van der Waals surface area contributed by atoms with E-state index in [2.05, 4.69) is 0 Å². The van der Waals surface area contributed by atoms with Crippen LogP contribution in [0.1, 0.15) is 30.6 Å². The van der Waals surface area contributed by atoms with Crippen LogP contribution < -0.4 is 4.74 Å². The number of rotatable bonds is 2. The van der Waals surface area contributed by atoms with Crippen molar-refractivity contribution >= 4 is 0 Å². The number of ether oxygens (including phenoxy) is 1. The summed E-state index contributed by atoms with van der Waals surface area (Å²) in [6.07, 6.45) is 0.310. The molecule has 0 saturated carbocycles. The zero-order valence-corrected chi connectivity index (χ0v) is 10.3. The van der Waals surface area contributed by atoms with E-state index in [4.69, 9.17) is 4.74 Å². The highest BCUT2D eigenvalue weighted by Gasteiger charge is 2.46. The zero-order valence-electron chi connectivity index (χ0n) is 10.3. The highest BCUT2D eigenvalue weighted by Crippen LogP contribution is 2.50. The third-order valence-electron chi connectivity index (χ3n) is 3.67. The van der Waals surface area contributed by atoms with Crippen molar-refractivity contribution in [3.63, 3.8) is 0 Å². The molecule has 1 heterocycles. The largest absolute Gasteiger partial charge is 0.482 e. The SMILES string of the molecule is CC[C@@]1(O)c2ccccc2O[C@H]1c1ccccc1. The van der Waals surface area contributed by atoms with Gasteiger partial charge in [-0.3, -0.25) is 0 Å². The molecule has 0 amide bonds. The van der Waals surface area contributed by atoms with Gasteiger partial charge in [0, 0.05) is 5.56 Å². The average molecular weight is 240 g/mol. The topological polar surface area (TPSA) is 29.5 Å². The normalized spacial score (nSPS) is 25.6. The first-order valence-corrected chi connectivity index (χ1v) is 6.29. The maximum Gasteiger partial charge on any atom is 0.157 e. The fraction of sp³-hybridized carbons (Fsp3) is 0.250. The lowest BCUT2D eigenvalue weighted by Crippen LogP contribution is -2.30. The summed E-state index contributed by atoms with van der Waals surface area (Å²) in [7, 11) is 0. The molecule has 92 valence electrons. The second kappa shape index (κ2) is 4.14. The molecule has 2 aromatic carbocycles. The fourth-order valence-corrected chi connectivity index (χ4v) is 2.64. The van der Waals surface area contributed by atoms with Crippen molar-refractivity contribution in [1.29, 1.82) is 0 Å². The van der Waals surface area contributed by atoms with Crippen molar-refractivity contribution in [2.45, 2.75) is 25.0 Å². The summed E-state index contributed by atoms with van der Waals surface area (Å²) >= 11 is 0. The van der Waals surface area contributed by atoms with E-state index < -0.39 is 5.60 Å². The van der Waals surface area contributed by atoms with Crippen LogP contribution in [0.25, 0.3) is 0 Å². The number of hydrogen-bond acceptors (Lipinski definition) is 2. The van der Waals surface area contributed by atoms with Gasteiger partial charge in [0.1, 0.15) is 11.4 Å². The van der Waals surface area contributed by atoms with Gasteiger partial charge in [-0.2, -0.15) is 0 Å². The molecule has 2 aromatic rings. The van der Waals surface area contributed by atoms with Gasteiger partial charge in [0.25, 0.3) is 0 Å². The Bertz CT molecular complexity index is 550. The molecule has 3 rings (SSSR count). The van der Waals surface area contributed by atoms with Gasteiger partial charge in [-0.05, 0) is 18.1 Å². The summed E-state index contributed by atoms with van der Waals surface area (Å²) in [5.74, 6) is 0.788. The molecular weight excluding hydrogens is 224 g/mol. The minimum absolute atomic E-state index is 0.318. The maximum atomic E-state index is 10.9. The molecule has 2 heteroatoms. The summed E-state index contributed by atoms with van der Waals surface area (Å²) in [6, 6.07) is 17.6. The standard InChI is InChI=1S/C16H16O2/c1-2-16(17)13-10-6-7-11-14(13)18-15(16)12-8-4-3-5-9-12/h3-11,15,17H,2H2,1H3/t15-,16+/m0/s1. The smallest absolute Gasteiger partial charge is 0.157 e. The van der Waals surface area contributed by atoms with Gasteiger partial charge >= 0.3 is 0 Å². The van der Waals surface area contributed by atoms with Gasteiger partial charge in [-0.1, -0.05) is 55.5 Å². The van der Waals surface area contributed by atoms with E-state index in [0.717, 1.165) is 16.9 Å². The Hall–Kier alpha value is -1.80. The first-order valence-electron chi connectivity index (χ1n) is 6.29. The van der Waals surface area contributed by atoms with Crippen LogP contribution in [0.3, 0.4) is 0 Å². The third kappa shape index (κ3) is 1.53. The number of aliphatic hydroxyl groups is 1. The first-order chi connectivity index (χ1) is 8.75. The Balaban J connectivity index is 2.10. The average Bonchev–Trinajstić information content (AvgIpc) is 2.74. The molecule has 0 spiro atoms. The van der Waals surface area contributed by atoms with Crippen LogP contribution in [0.4, 0.5) is 0 Å². The van der Waals surface area contributed by atoms with Crippen molar-refractivity contribution in [3.05, 3.63) is 65.7 Å². The van der Waals surface area contributed by atoms with Gasteiger partial charge in [0.05, 0.1) is 0 Å². The lowest BCUT2D eigenvalue weighted by molar-refractivity contribution is -0.0449. The Morgan fingerprint density at radius 3 is 2.44 bits per heavy atom. The van der Waals surface area contributed by atoms with E-state index in [1.165, 1.54) is 0 Å². The minimum atomic E-state index is -0.933. The summed E-state index contributed by atoms with van der Waals surface area (Å²) in [4.78, 5) is 0. The van der Waals surface area contributed by atoms with Crippen LogP contribution in [0.15, 0.2) is 54.6 Å². The Morgan fingerprint density at radius 2 is 1.72 bits per heavy atom. The quantitative estimate of drug-likeness (QED) is 0.871. The number of hydrogen-bond donors (Lipinski definition) is 1. The lowest BCUT2D eigenvalue weighted by Gasteiger charge is -2.28. The van der Waals surface area contributed by atoms with Gasteiger partial charge in [0.15, 0.2) is 6.10 Å². The van der Waals surface area contributed by atoms with Crippen molar-refractivity contribution in [1.82, 2.24) is 0 Å². The van der Waals surface area contributed by atoms with Gasteiger partial charge < -0.3 is 9.84 Å². The number of para-hydroxylation sites is 1. The van der Waals surface area contributed by atoms with E-state index in [1.807, 2.05) is 61.5 Å². The molecule has 1 aliphatic rings. The molecule has 0 unspecified atom stereocenters. The third-order valence-corrected chi connectivity index (χ3v) is 3.67. The molecule has 0 bridgehead atoms. The van der Waals surface area contributed by atoms with E-state index in [1.54, 1.807) is 0 Å². The molecule has 0 aromatic heterocycles. The van der Waals surface area contributed by atoms with E-state index in [9.17, 15) is 5.11 Å². The van der Waals surface area contributed by atoms with Gasteiger partial charge in [0.2, 0.25) is 0 Å². The van der Waals surface area contributed by atoms with Crippen LogP contribution in [0.5, 0.6) is 5.75 Å². The molecule has 1 aliphatic heterocycles. The predicted octanol–water partition coefficient (Wildman–Crippen LogP) is 3.42. The lowest BCUT2D eigenvalue weighted by atomic mass is 9.84. The second-order valence-electron chi connectivity index (χ2n) is 4.68. The minimum Gasteiger partial charge on any atom is -0.482 e. The molecule has 0 fully saturated rings. The second-order valence-corrected chi connectivity index (χ2v) is 4.68. The van der Waals surface area contributed by atoms with Gasteiger partial charge in [-0.15, -0.1) is 0 Å². The van der Waals surface area contributed by atoms with Crippen LogP contribution in [0.2, 0.25) is 0 Å². The van der Waals surface area contributed by atoms with Crippen LogP contribution in [-0.2, 0) is 5.60 Å². The van der Waals surface area contributed by atoms with Crippen molar-refractivity contribution in [2.75, 3.05) is 0 Å². The molecule has 0 radical (unpaired) electrons. The summed E-state index contributed by atoms with van der Waals surface area (Å²) in [5.41, 5.74) is 0.970. The predicted molar refractivity (Wildman–Crippen MR) is 70.4 cm³/mol. The van der Waals surface area contributed by atoms with Gasteiger partial charge in [-0.25, -0.2) is 0 Å². The molecule has 2 atom stereocenters. The number of fused-ring (bicyclic) bond motifs is 1. The van der Waals surface area contributed by atoms with Crippen LogP contribution in [-0.4, -0.2) is 5.11 Å². The molecule has 2 nitrogen and oxygen atoms in total. The molecule has 0 saturated heterocycles. The Labute approximate surface area is 107 Å². The molecular formula is C16H16O2. The first kappa shape index (κ1) is 11.3. The molecule has 0 aliphatic carbocycles. The van der Waals surface area contributed by atoms with Crippen molar-refractivity contribution in [3.8, 4) is 5.75 Å². The van der Waals surface area contributed by atoms with Crippen LogP contribution in [0, 0.1) is 0 Å². The Morgan fingerprint density at radius 1 is 1.06 bits per heavy atom.